The Balaban J connectivity index is 1.63. The van der Waals surface area contributed by atoms with Gasteiger partial charge >= 0.3 is 12.2 Å². The lowest BCUT2D eigenvalue weighted by atomic mass is 9.91. The van der Waals surface area contributed by atoms with E-state index in [9.17, 15) is 9.59 Å². The minimum atomic E-state index is -0.571. The number of fused-ring (bicyclic) bond motifs is 1. The first-order chi connectivity index (χ1) is 12.7. The normalized spacial score (nSPS) is 24.5. The van der Waals surface area contributed by atoms with Crippen LogP contribution in [0.15, 0.2) is 42.5 Å². The zero-order valence-corrected chi connectivity index (χ0v) is 16.3. The minimum Gasteiger partial charge on any atom is -0.445 e. The second-order valence-electron chi connectivity index (χ2n) is 8.53. The van der Waals surface area contributed by atoms with Gasteiger partial charge in [0.25, 0.3) is 0 Å². The van der Waals surface area contributed by atoms with Gasteiger partial charge < -0.3 is 19.7 Å². The molecule has 2 aliphatic rings. The molecule has 3 rings (SSSR count). The van der Waals surface area contributed by atoms with Crippen LogP contribution in [-0.4, -0.2) is 41.3 Å². The van der Waals surface area contributed by atoms with Crippen molar-refractivity contribution in [3.8, 4) is 0 Å². The molecule has 1 saturated heterocycles. The van der Waals surface area contributed by atoms with Crippen molar-refractivity contribution < 1.29 is 19.1 Å². The number of carbonyl (C=O) groups excluding carboxylic acids is 2. The van der Waals surface area contributed by atoms with Gasteiger partial charge in [-0.05, 0) is 39.2 Å². The standard InChI is InChI=1S/C21H28N2O4/c1-15-10-17-12-23(19(25)26-13-16-8-6-5-7-9-16)14-21(17,11-15)22-18(24)27-20(2,3)4/h5-9,17H,1,10-14H2,2-4H3,(H,22,24)/t17-,21+/m1/s1. The monoisotopic (exact) mass is 372 g/mol. The molecule has 1 aromatic carbocycles. The number of carbonyl (C=O) groups is 2. The van der Waals surface area contributed by atoms with Crippen LogP contribution in [0.2, 0.25) is 0 Å². The molecule has 0 aromatic heterocycles. The van der Waals surface area contributed by atoms with Gasteiger partial charge in [0.15, 0.2) is 0 Å². The highest BCUT2D eigenvalue weighted by Gasteiger charge is 2.53. The SMILES string of the molecule is C=C1C[C@@H]2CN(C(=O)OCc3ccccc3)C[C@@]2(NC(=O)OC(C)(C)C)C1. The summed E-state index contributed by atoms with van der Waals surface area (Å²) in [6, 6.07) is 9.58. The molecule has 2 fully saturated rings. The zero-order chi connectivity index (χ0) is 19.7. The average Bonchev–Trinajstić information content (AvgIpc) is 3.03. The summed E-state index contributed by atoms with van der Waals surface area (Å²) in [4.78, 5) is 26.6. The van der Waals surface area contributed by atoms with E-state index in [1.54, 1.807) is 4.90 Å². The maximum Gasteiger partial charge on any atom is 0.410 e. The largest absolute Gasteiger partial charge is 0.445 e. The van der Waals surface area contributed by atoms with Crippen molar-refractivity contribution in [3.05, 3.63) is 48.0 Å². The van der Waals surface area contributed by atoms with Crippen molar-refractivity contribution in [2.24, 2.45) is 5.92 Å². The Morgan fingerprint density at radius 3 is 2.67 bits per heavy atom. The molecule has 1 N–H and O–H groups in total. The Kier molecular flexibility index (Phi) is 5.18. The Bertz CT molecular complexity index is 725. The van der Waals surface area contributed by atoms with Crippen LogP contribution in [0, 0.1) is 5.92 Å². The molecule has 0 bridgehead atoms. The summed E-state index contributed by atoms with van der Waals surface area (Å²) in [5, 5.41) is 3.03. The van der Waals surface area contributed by atoms with Gasteiger partial charge in [0.1, 0.15) is 12.2 Å². The molecule has 0 spiro atoms. The number of benzene rings is 1. The Morgan fingerprint density at radius 2 is 2.00 bits per heavy atom. The third-order valence-electron chi connectivity index (χ3n) is 5.01. The summed E-state index contributed by atoms with van der Waals surface area (Å²) < 4.78 is 10.9. The second-order valence-corrected chi connectivity index (χ2v) is 8.53. The molecule has 146 valence electrons. The van der Waals surface area contributed by atoms with Crippen molar-refractivity contribution in [1.82, 2.24) is 10.2 Å². The van der Waals surface area contributed by atoms with Crippen LogP contribution in [0.1, 0.15) is 39.2 Å². The number of hydrogen-bond acceptors (Lipinski definition) is 4. The maximum absolute atomic E-state index is 12.5. The van der Waals surface area contributed by atoms with E-state index in [-0.39, 0.29) is 18.6 Å². The Labute approximate surface area is 160 Å². The molecule has 6 heteroatoms. The number of amides is 2. The number of rotatable bonds is 3. The molecule has 0 unspecified atom stereocenters. The molecule has 1 aliphatic heterocycles. The average molecular weight is 372 g/mol. The molecule has 27 heavy (non-hydrogen) atoms. The topological polar surface area (TPSA) is 67.9 Å². The fraction of sp³-hybridized carbons (Fsp3) is 0.524. The van der Waals surface area contributed by atoms with Crippen molar-refractivity contribution in [3.63, 3.8) is 0 Å². The number of hydrogen-bond donors (Lipinski definition) is 1. The predicted molar refractivity (Wildman–Crippen MR) is 102 cm³/mol. The summed E-state index contributed by atoms with van der Waals surface area (Å²) in [5.41, 5.74) is 0.942. The van der Waals surface area contributed by atoms with E-state index in [0.717, 1.165) is 17.6 Å². The van der Waals surface area contributed by atoms with Gasteiger partial charge in [0.2, 0.25) is 0 Å². The van der Waals surface area contributed by atoms with E-state index in [1.165, 1.54) is 0 Å². The van der Waals surface area contributed by atoms with Crippen molar-refractivity contribution in [2.75, 3.05) is 13.1 Å². The number of nitrogens with zero attached hydrogens (tertiary/aromatic N) is 1. The van der Waals surface area contributed by atoms with Crippen LogP contribution in [0.4, 0.5) is 9.59 Å². The fourth-order valence-electron chi connectivity index (χ4n) is 3.94. The number of nitrogens with one attached hydrogen (secondary N) is 1. The fourth-order valence-corrected chi connectivity index (χ4v) is 3.94. The van der Waals surface area contributed by atoms with Gasteiger partial charge in [-0.15, -0.1) is 0 Å². The third kappa shape index (κ3) is 4.62. The molecule has 2 amide bonds. The zero-order valence-electron chi connectivity index (χ0n) is 16.3. The molecule has 1 aromatic rings. The van der Waals surface area contributed by atoms with Gasteiger partial charge in [0, 0.05) is 19.0 Å². The highest BCUT2D eigenvalue weighted by Crippen LogP contribution is 2.44. The lowest BCUT2D eigenvalue weighted by Gasteiger charge is -2.31. The Morgan fingerprint density at radius 1 is 1.30 bits per heavy atom. The van der Waals surface area contributed by atoms with E-state index in [1.807, 2.05) is 51.1 Å². The number of likely N-dealkylation sites (tertiary alicyclic amines) is 1. The van der Waals surface area contributed by atoms with Gasteiger partial charge in [-0.2, -0.15) is 0 Å². The van der Waals surface area contributed by atoms with Crippen molar-refractivity contribution >= 4 is 12.2 Å². The predicted octanol–water partition coefficient (Wildman–Crippen LogP) is 3.87. The van der Waals surface area contributed by atoms with Crippen LogP contribution < -0.4 is 5.32 Å². The molecular formula is C21H28N2O4. The van der Waals surface area contributed by atoms with E-state index in [2.05, 4.69) is 11.9 Å². The molecule has 1 heterocycles. The van der Waals surface area contributed by atoms with Crippen LogP contribution >= 0.6 is 0 Å². The summed E-state index contributed by atoms with van der Waals surface area (Å²) in [5.74, 6) is 0.127. The van der Waals surface area contributed by atoms with Gasteiger partial charge in [-0.1, -0.05) is 42.5 Å². The van der Waals surface area contributed by atoms with E-state index in [4.69, 9.17) is 9.47 Å². The summed E-state index contributed by atoms with van der Waals surface area (Å²) in [6.07, 6.45) is 0.628. The van der Waals surface area contributed by atoms with Crippen molar-refractivity contribution in [1.29, 1.82) is 0 Å². The van der Waals surface area contributed by atoms with Crippen molar-refractivity contribution in [2.45, 2.75) is 51.4 Å². The third-order valence-corrected chi connectivity index (χ3v) is 5.01. The smallest absolute Gasteiger partial charge is 0.410 e. The first-order valence-corrected chi connectivity index (χ1v) is 9.30. The van der Waals surface area contributed by atoms with Crippen LogP contribution in [-0.2, 0) is 16.1 Å². The van der Waals surface area contributed by atoms with Gasteiger partial charge in [-0.25, -0.2) is 9.59 Å². The van der Waals surface area contributed by atoms with Gasteiger partial charge in [-0.3, -0.25) is 0 Å². The second kappa shape index (κ2) is 7.25. The molecule has 1 aliphatic carbocycles. The summed E-state index contributed by atoms with van der Waals surface area (Å²) >= 11 is 0. The Hall–Kier alpha value is -2.50. The quantitative estimate of drug-likeness (QED) is 0.818. The highest BCUT2D eigenvalue weighted by atomic mass is 16.6. The lowest BCUT2D eigenvalue weighted by Crippen LogP contribution is -2.53. The van der Waals surface area contributed by atoms with E-state index >= 15 is 0 Å². The number of alkyl carbamates (subject to hydrolysis) is 1. The van der Waals surface area contributed by atoms with Crippen LogP contribution in [0.3, 0.4) is 0 Å². The van der Waals surface area contributed by atoms with E-state index < -0.39 is 17.2 Å². The summed E-state index contributed by atoms with van der Waals surface area (Å²) in [7, 11) is 0. The molecule has 6 nitrogen and oxygen atoms in total. The van der Waals surface area contributed by atoms with Gasteiger partial charge in [0.05, 0.1) is 5.54 Å². The molecular weight excluding hydrogens is 344 g/mol. The maximum atomic E-state index is 12.5. The van der Waals surface area contributed by atoms with E-state index in [0.29, 0.717) is 19.5 Å². The first-order valence-electron chi connectivity index (χ1n) is 9.30. The molecule has 2 atom stereocenters. The minimum absolute atomic E-state index is 0.127. The molecule has 0 radical (unpaired) electrons. The summed E-state index contributed by atoms with van der Waals surface area (Å²) in [6.45, 7) is 10.8. The highest BCUT2D eigenvalue weighted by molar-refractivity contribution is 5.71. The number of ether oxygens (including phenoxy) is 2. The van der Waals surface area contributed by atoms with Crippen LogP contribution in [0.25, 0.3) is 0 Å². The molecule has 1 saturated carbocycles. The first kappa shape index (κ1) is 19.3. The van der Waals surface area contributed by atoms with Crippen LogP contribution in [0.5, 0.6) is 0 Å². The lowest BCUT2D eigenvalue weighted by molar-refractivity contribution is 0.0442.